The van der Waals surface area contributed by atoms with Gasteiger partial charge in [0.1, 0.15) is 0 Å². The highest BCUT2D eigenvalue weighted by atomic mass is 19.4. The number of carbonyl (C=O) groups excluding carboxylic acids is 1. The van der Waals surface area contributed by atoms with Gasteiger partial charge in [-0.05, 0) is 12.1 Å². The van der Waals surface area contributed by atoms with Crippen LogP contribution in [0.4, 0.5) is 13.2 Å². The van der Waals surface area contributed by atoms with Crippen LogP contribution in [-0.4, -0.2) is 23.2 Å². The van der Waals surface area contributed by atoms with Crippen LogP contribution in [0.3, 0.4) is 0 Å². The fourth-order valence-electron chi connectivity index (χ4n) is 0.702. The van der Waals surface area contributed by atoms with Crippen LogP contribution >= 0.6 is 0 Å². The van der Waals surface area contributed by atoms with Crippen molar-refractivity contribution in [3.8, 4) is 0 Å². The molecule has 3 nitrogen and oxygen atoms in total. The molecule has 0 amide bonds. The number of halogens is 3. The molecule has 72 valence electrons. The number of hydrogen-bond donors (Lipinski definition) is 1. The van der Waals surface area contributed by atoms with E-state index in [-0.39, 0.29) is 0 Å². The molecular formula is C7H5F3O3. The lowest BCUT2D eigenvalue weighted by Crippen LogP contribution is -2.36. The lowest BCUT2D eigenvalue weighted by Gasteiger charge is -2.11. The highest BCUT2D eigenvalue weighted by Gasteiger charge is 2.44. The molecule has 0 spiro atoms. The zero-order valence-electron chi connectivity index (χ0n) is 6.21. The van der Waals surface area contributed by atoms with Gasteiger partial charge in [0.2, 0.25) is 11.9 Å². The number of aliphatic hydroxyl groups excluding tert-OH is 1. The first-order chi connectivity index (χ1) is 5.93. The normalized spacial score (nSPS) is 14.2. The van der Waals surface area contributed by atoms with Gasteiger partial charge in [-0.2, -0.15) is 13.2 Å². The second kappa shape index (κ2) is 3.21. The maximum absolute atomic E-state index is 11.8. The van der Waals surface area contributed by atoms with E-state index < -0.39 is 23.8 Å². The summed E-state index contributed by atoms with van der Waals surface area (Å²) in [5, 5.41) is 8.49. The van der Waals surface area contributed by atoms with Gasteiger partial charge in [0.05, 0.1) is 6.26 Å². The first-order valence-electron chi connectivity index (χ1n) is 3.25. The number of carbonyl (C=O) groups is 1. The quantitative estimate of drug-likeness (QED) is 0.723. The van der Waals surface area contributed by atoms with Crippen molar-refractivity contribution in [3.05, 3.63) is 24.2 Å². The van der Waals surface area contributed by atoms with Gasteiger partial charge in [0, 0.05) is 0 Å². The summed E-state index contributed by atoms with van der Waals surface area (Å²) in [5.41, 5.74) is 0. The van der Waals surface area contributed by atoms with E-state index in [0.29, 0.717) is 0 Å². The van der Waals surface area contributed by atoms with E-state index in [1.54, 1.807) is 0 Å². The average molecular weight is 194 g/mol. The van der Waals surface area contributed by atoms with Crippen molar-refractivity contribution < 1.29 is 27.5 Å². The summed E-state index contributed by atoms with van der Waals surface area (Å²) in [7, 11) is 0. The SMILES string of the molecule is O=C(c1ccco1)C(O)C(F)(F)F. The van der Waals surface area contributed by atoms with E-state index in [2.05, 4.69) is 4.42 Å². The molecule has 0 aliphatic carbocycles. The van der Waals surface area contributed by atoms with E-state index >= 15 is 0 Å². The fraction of sp³-hybridized carbons (Fsp3) is 0.286. The van der Waals surface area contributed by atoms with Crippen molar-refractivity contribution in [3.63, 3.8) is 0 Å². The Morgan fingerprint density at radius 3 is 2.54 bits per heavy atom. The smallest absolute Gasteiger partial charge is 0.422 e. The summed E-state index contributed by atoms with van der Waals surface area (Å²) in [5.74, 6) is -2.00. The third-order valence-corrected chi connectivity index (χ3v) is 1.32. The van der Waals surface area contributed by atoms with Crippen LogP contribution in [-0.2, 0) is 0 Å². The molecule has 1 heterocycles. The van der Waals surface area contributed by atoms with Crippen LogP contribution in [0.1, 0.15) is 10.6 Å². The molecular weight excluding hydrogens is 189 g/mol. The topological polar surface area (TPSA) is 50.4 Å². The van der Waals surface area contributed by atoms with Gasteiger partial charge in [-0.3, -0.25) is 4.79 Å². The molecule has 1 aromatic rings. The zero-order chi connectivity index (χ0) is 10.1. The standard InChI is InChI=1S/C7H5F3O3/c8-7(9,10)6(12)5(11)4-2-1-3-13-4/h1-3,6,12H. The minimum atomic E-state index is -4.95. The molecule has 0 radical (unpaired) electrons. The van der Waals surface area contributed by atoms with Crippen LogP contribution in [0.25, 0.3) is 0 Å². The number of rotatable bonds is 2. The third kappa shape index (κ3) is 2.09. The van der Waals surface area contributed by atoms with Gasteiger partial charge in [0.15, 0.2) is 5.76 Å². The number of Topliss-reactive ketones (excluding diaryl/α,β-unsaturated/α-hetero) is 1. The van der Waals surface area contributed by atoms with E-state index in [4.69, 9.17) is 5.11 Å². The van der Waals surface area contributed by atoms with Crippen LogP contribution in [0.2, 0.25) is 0 Å². The van der Waals surface area contributed by atoms with Gasteiger partial charge in [0.25, 0.3) is 0 Å². The summed E-state index contributed by atoms with van der Waals surface area (Å²) in [4.78, 5) is 10.8. The molecule has 1 aromatic heterocycles. The molecule has 0 saturated heterocycles. The molecule has 0 aliphatic rings. The van der Waals surface area contributed by atoms with Crippen molar-refractivity contribution in [1.29, 1.82) is 0 Å². The molecule has 1 atom stereocenters. The Bertz CT molecular complexity index is 288. The molecule has 0 aliphatic heterocycles. The van der Waals surface area contributed by atoms with Crippen LogP contribution in [0, 0.1) is 0 Å². The zero-order valence-corrected chi connectivity index (χ0v) is 6.21. The van der Waals surface area contributed by atoms with Gasteiger partial charge >= 0.3 is 6.18 Å². The molecule has 6 heteroatoms. The van der Waals surface area contributed by atoms with Crippen LogP contribution in [0.15, 0.2) is 22.8 Å². The Balaban J connectivity index is 2.81. The van der Waals surface area contributed by atoms with E-state index in [0.717, 1.165) is 12.3 Å². The van der Waals surface area contributed by atoms with Gasteiger partial charge in [-0.15, -0.1) is 0 Å². The lowest BCUT2D eigenvalue weighted by molar-refractivity contribution is -0.187. The Morgan fingerprint density at radius 2 is 2.15 bits per heavy atom. The summed E-state index contributed by atoms with van der Waals surface area (Å²) in [6, 6.07) is 2.31. The summed E-state index contributed by atoms with van der Waals surface area (Å²) in [6.45, 7) is 0. The molecule has 0 saturated carbocycles. The number of furan rings is 1. The number of aliphatic hydroxyl groups is 1. The number of alkyl halides is 3. The van der Waals surface area contributed by atoms with Crippen LogP contribution < -0.4 is 0 Å². The van der Waals surface area contributed by atoms with E-state index in [1.165, 1.54) is 6.07 Å². The molecule has 13 heavy (non-hydrogen) atoms. The Labute approximate surface area is 70.8 Å². The predicted octanol–water partition coefficient (Wildman–Crippen LogP) is 1.39. The van der Waals surface area contributed by atoms with Gasteiger partial charge < -0.3 is 9.52 Å². The minimum absolute atomic E-state index is 0.509. The summed E-state index contributed by atoms with van der Waals surface area (Å²) < 4.78 is 39.7. The second-order valence-corrected chi connectivity index (χ2v) is 2.29. The number of ketones is 1. The van der Waals surface area contributed by atoms with Crippen molar-refractivity contribution in [2.45, 2.75) is 12.3 Å². The molecule has 1 rings (SSSR count). The van der Waals surface area contributed by atoms with Gasteiger partial charge in [-0.1, -0.05) is 0 Å². The number of hydrogen-bond acceptors (Lipinski definition) is 3. The Hall–Kier alpha value is -1.30. The lowest BCUT2D eigenvalue weighted by atomic mass is 10.2. The Kier molecular flexibility index (Phi) is 2.42. The maximum Gasteiger partial charge on any atom is 0.422 e. The summed E-state index contributed by atoms with van der Waals surface area (Å²) >= 11 is 0. The summed E-state index contributed by atoms with van der Waals surface area (Å²) in [6.07, 6.45) is -6.92. The highest BCUT2D eigenvalue weighted by molar-refractivity contribution is 5.97. The fourth-order valence-corrected chi connectivity index (χ4v) is 0.702. The first-order valence-corrected chi connectivity index (χ1v) is 3.25. The monoisotopic (exact) mass is 194 g/mol. The molecule has 0 fully saturated rings. The second-order valence-electron chi connectivity index (χ2n) is 2.29. The maximum atomic E-state index is 11.8. The van der Waals surface area contributed by atoms with Crippen molar-refractivity contribution in [1.82, 2.24) is 0 Å². The van der Waals surface area contributed by atoms with Crippen molar-refractivity contribution in [2.24, 2.45) is 0 Å². The Morgan fingerprint density at radius 1 is 1.54 bits per heavy atom. The average Bonchev–Trinajstić information content (AvgIpc) is 2.51. The molecule has 1 N–H and O–H groups in total. The molecule has 0 bridgehead atoms. The van der Waals surface area contributed by atoms with Crippen LogP contribution in [0.5, 0.6) is 0 Å². The highest BCUT2D eigenvalue weighted by Crippen LogP contribution is 2.22. The molecule has 0 aromatic carbocycles. The van der Waals surface area contributed by atoms with Crippen molar-refractivity contribution in [2.75, 3.05) is 0 Å². The van der Waals surface area contributed by atoms with Gasteiger partial charge in [-0.25, -0.2) is 0 Å². The minimum Gasteiger partial charge on any atom is -0.461 e. The molecule has 1 unspecified atom stereocenters. The predicted molar refractivity (Wildman–Crippen MR) is 35.1 cm³/mol. The first kappa shape index (κ1) is 9.79. The largest absolute Gasteiger partial charge is 0.461 e. The van der Waals surface area contributed by atoms with E-state index in [9.17, 15) is 18.0 Å². The van der Waals surface area contributed by atoms with E-state index in [1.807, 2.05) is 0 Å². The van der Waals surface area contributed by atoms with Crippen molar-refractivity contribution >= 4 is 5.78 Å². The third-order valence-electron chi connectivity index (χ3n) is 1.32.